The molecule has 3 N–H and O–H groups in total. The Hall–Kier alpha value is -1.75. The third-order valence-electron chi connectivity index (χ3n) is 3.26. The van der Waals surface area contributed by atoms with Crippen LogP contribution in [0.4, 0.5) is 0 Å². The van der Waals surface area contributed by atoms with Gasteiger partial charge >= 0.3 is 0 Å². The smallest absolute Gasteiger partial charge is 0.253 e. The Kier molecular flexibility index (Phi) is 5.99. The number of carbonyl (C=O) groups is 1. The van der Waals surface area contributed by atoms with E-state index in [9.17, 15) is 13.2 Å². The van der Waals surface area contributed by atoms with Gasteiger partial charge in [0.15, 0.2) is 10.6 Å². The minimum absolute atomic E-state index is 0.0334. The first-order valence-electron chi connectivity index (χ1n) is 7.32. The molecule has 0 fully saturated rings. The summed E-state index contributed by atoms with van der Waals surface area (Å²) in [4.78, 5) is 12.3. The summed E-state index contributed by atoms with van der Waals surface area (Å²) in [6.45, 7) is 3.52. The second-order valence-electron chi connectivity index (χ2n) is 5.60. The summed E-state index contributed by atoms with van der Waals surface area (Å²) in [5.41, 5.74) is 0.0603. The number of sulfonamides is 1. The van der Waals surface area contributed by atoms with Crippen molar-refractivity contribution in [1.82, 2.24) is 24.8 Å². The van der Waals surface area contributed by atoms with E-state index in [1.54, 1.807) is 25.5 Å². The molecule has 11 heteroatoms. The molecule has 1 aromatic heterocycles. The van der Waals surface area contributed by atoms with Crippen molar-refractivity contribution in [2.45, 2.75) is 31.3 Å². The van der Waals surface area contributed by atoms with Crippen molar-refractivity contribution >= 4 is 39.7 Å². The Morgan fingerprint density at radius 1 is 1.44 bits per heavy atom. The number of halogens is 1. The lowest BCUT2D eigenvalue weighted by atomic mass is 10.2. The van der Waals surface area contributed by atoms with Crippen LogP contribution >= 0.6 is 23.8 Å². The highest BCUT2D eigenvalue weighted by Gasteiger charge is 2.19. The second kappa shape index (κ2) is 7.65. The van der Waals surface area contributed by atoms with Gasteiger partial charge in [-0.1, -0.05) is 11.6 Å². The summed E-state index contributed by atoms with van der Waals surface area (Å²) in [5, 5.41) is 9.39. The number of carbonyl (C=O) groups excluding carboxylic acids is 1. The van der Waals surface area contributed by atoms with Gasteiger partial charge in [-0.25, -0.2) is 13.1 Å². The van der Waals surface area contributed by atoms with E-state index in [2.05, 4.69) is 20.2 Å². The average Bonchev–Trinajstić information content (AvgIpc) is 2.83. The highest BCUT2D eigenvalue weighted by Crippen LogP contribution is 2.21. The lowest BCUT2D eigenvalue weighted by molar-refractivity contribution is 0.0949. The zero-order valence-electron chi connectivity index (χ0n) is 13.8. The second-order valence-corrected chi connectivity index (χ2v) is 8.11. The van der Waals surface area contributed by atoms with E-state index in [-0.39, 0.29) is 28.1 Å². The van der Waals surface area contributed by atoms with Crippen LogP contribution < -0.4 is 10.0 Å². The highest BCUT2D eigenvalue weighted by molar-refractivity contribution is 7.89. The first-order chi connectivity index (χ1) is 11.6. The maximum atomic E-state index is 12.4. The predicted molar refractivity (Wildman–Crippen MR) is 96.5 cm³/mol. The topological polar surface area (TPSA) is 109 Å². The Balaban J connectivity index is 2.23. The van der Waals surface area contributed by atoms with Gasteiger partial charge < -0.3 is 9.88 Å². The fraction of sp³-hybridized carbons (Fsp3) is 0.357. The average molecular weight is 404 g/mol. The SMILES string of the molecule is CC(C)NS(=O)(=O)c1ccc(Cl)c(C(=O)NCc2n[nH]c(=S)n2C)c1. The lowest BCUT2D eigenvalue weighted by Gasteiger charge is -2.12. The van der Waals surface area contributed by atoms with E-state index in [4.69, 9.17) is 23.8 Å². The lowest BCUT2D eigenvalue weighted by Crippen LogP contribution is -2.30. The number of aromatic amines is 1. The molecule has 1 amide bonds. The number of hydrogen-bond donors (Lipinski definition) is 3. The zero-order chi connectivity index (χ0) is 18.8. The molecule has 0 spiro atoms. The molecular weight excluding hydrogens is 386 g/mol. The first-order valence-corrected chi connectivity index (χ1v) is 9.59. The van der Waals surface area contributed by atoms with Crippen molar-refractivity contribution in [2.75, 3.05) is 0 Å². The van der Waals surface area contributed by atoms with Crippen molar-refractivity contribution in [3.8, 4) is 0 Å². The van der Waals surface area contributed by atoms with E-state index in [0.29, 0.717) is 10.6 Å². The fourth-order valence-corrected chi connectivity index (χ4v) is 3.65. The van der Waals surface area contributed by atoms with Crippen LogP contribution in [0.2, 0.25) is 5.02 Å². The summed E-state index contributed by atoms with van der Waals surface area (Å²) >= 11 is 11.0. The number of aromatic nitrogens is 3. The van der Waals surface area contributed by atoms with Gasteiger partial charge in [0.1, 0.15) is 0 Å². The van der Waals surface area contributed by atoms with Crippen LogP contribution in [0.15, 0.2) is 23.1 Å². The molecule has 2 rings (SSSR count). The summed E-state index contributed by atoms with van der Waals surface area (Å²) in [6.07, 6.45) is 0. The Morgan fingerprint density at radius 2 is 2.12 bits per heavy atom. The van der Waals surface area contributed by atoms with Gasteiger partial charge in [0, 0.05) is 13.1 Å². The van der Waals surface area contributed by atoms with Crippen molar-refractivity contribution in [2.24, 2.45) is 7.05 Å². The van der Waals surface area contributed by atoms with Crippen LogP contribution in [0.5, 0.6) is 0 Å². The van der Waals surface area contributed by atoms with Crippen molar-refractivity contribution in [3.63, 3.8) is 0 Å². The molecule has 0 radical (unpaired) electrons. The van der Waals surface area contributed by atoms with Crippen LogP contribution in [0, 0.1) is 4.77 Å². The van der Waals surface area contributed by atoms with E-state index < -0.39 is 15.9 Å². The van der Waals surface area contributed by atoms with Crippen LogP contribution in [-0.2, 0) is 23.6 Å². The number of hydrogen-bond acceptors (Lipinski definition) is 5. The number of benzene rings is 1. The van der Waals surface area contributed by atoms with Gasteiger partial charge in [-0.05, 0) is 44.3 Å². The molecule has 0 aliphatic heterocycles. The number of H-pyrrole nitrogens is 1. The standard InChI is InChI=1S/C14H18ClN5O3S2/c1-8(2)19-25(22,23)9-4-5-11(15)10(6-9)13(21)16-7-12-17-18-14(24)20(12)3/h4-6,8,19H,7H2,1-3H3,(H,16,21)(H,18,24). The number of nitrogens with zero attached hydrogens (tertiary/aromatic N) is 2. The van der Waals surface area contributed by atoms with Crippen molar-refractivity contribution in [1.29, 1.82) is 0 Å². The number of amides is 1. The summed E-state index contributed by atoms with van der Waals surface area (Å²) in [6, 6.07) is 3.69. The van der Waals surface area contributed by atoms with E-state index in [1.807, 2.05) is 0 Å². The molecule has 1 aromatic carbocycles. The summed E-state index contributed by atoms with van der Waals surface area (Å²) in [7, 11) is -2.01. The van der Waals surface area contributed by atoms with E-state index >= 15 is 0 Å². The van der Waals surface area contributed by atoms with Crippen molar-refractivity contribution in [3.05, 3.63) is 39.4 Å². The van der Waals surface area contributed by atoms with Gasteiger partial charge in [0.25, 0.3) is 5.91 Å². The molecule has 25 heavy (non-hydrogen) atoms. The van der Waals surface area contributed by atoms with Gasteiger partial charge in [0.2, 0.25) is 10.0 Å². The zero-order valence-corrected chi connectivity index (χ0v) is 16.2. The molecule has 0 saturated heterocycles. The fourth-order valence-electron chi connectivity index (χ4n) is 2.02. The highest BCUT2D eigenvalue weighted by atomic mass is 35.5. The Morgan fingerprint density at radius 3 is 2.68 bits per heavy atom. The number of rotatable bonds is 6. The Labute approximate surface area is 155 Å². The molecule has 0 aliphatic carbocycles. The molecule has 0 unspecified atom stereocenters. The van der Waals surface area contributed by atoms with Gasteiger partial charge in [-0.2, -0.15) is 5.10 Å². The molecule has 0 aliphatic rings. The van der Waals surface area contributed by atoms with Gasteiger partial charge in [0.05, 0.1) is 22.0 Å². The minimum Gasteiger partial charge on any atom is -0.345 e. The molecule has 8 nitrogen and oxygen atoms in total. The van der Waals surface area contributed by atoms with Gasteiger partial charge in [-0.15, -0.1) is 0 Å². The summed E-state index contributed by atoms with van der Waals surface area (Å²) in [5.74, 6) is 0.0141. The molecular formula is C14H18ClN5O3S2. The van der Waals surface area contributed by atoms with Crippen LogP contribution in [0.1, 0.15) is 30.0 Å². The first kappa shape index (κ1) is 19.6. The summed E-state index contributed by atoms with van der Waals surface area (Å²) < 4.78 is 29.0. The van der Waals surface area contributed by atoms with E-state index in [1.165, 1.54) is 18.2 Å². The molecule has 136 valence electrons. The van der Waals surface area contributed by atoms with Crippen molar-refractivity contribution < 1.29 is 13.2 Å². The maximum Gasteiger partial charge on any atom is 0.253 e. The third-order valence-corrected chi connectivity index (χ3v) is 5.61. The number of nitrogens with one attached hydrogen (secondary N) is 3. The molecule has 2 aromatic rings. The molecule has 0 bridgehead atoms. The monoisotopic (exact) mass is 403 g/mol. The Bertz CT molecular complexity index is 950. The molecule has 0 saturated carbocycles. The molecule has 0 atom stereocenters. The largest absolute Gasteiger partial charge is 0.345 e. The minimum atomic E-state index is -3.73. The van der Waals surface area contributed by atoms with E-state index in [0.717, 1.165) is 0 Å². The normalized spacial score (nSPS) is 11.7. The van der Waals surface area contributed by atoms with Gasteiger partial charge in [-0.3, -0.25) is 9.89 Å². The van der Waals surface area contributed by atoms with Crippen LogP contribution in [0.25, 0.3) is 0 Å². The quantitative estimate of drug-likeness (QED) is 0.636. The maximum absolute atomic E-state index is 12.4. The van der Waals surface area contributed by atoms with Crippen LogP contribution in [-0.4, -0.2) is 35.1 Å². The predicted octanol–water partition coefficient (Wildman–Crippen LogP) is 1.75. The molecule has 1 heterocycles. The van der Waals surface area contributed by atoms with Crippen LogP contribution in [0.3, 0.4) is 0 Å². The third kappa shape index (κ3) is 4.66.